The lowest BCUT2D eigenvalue weighted by Crippen LogP contribution is -2.40. The maximum atomic E-state index is 14.0. The van der Waals surface area contributed by atoms with E-state index in [0.717, 1.165) is 19.4 Å². The van der Waals surface area contributed by atoms with Gasteiger partial charge in [0.2, 0.25) is 0 Å². The summed E-state index contributed by atoms with van der Waals surface area (Å²) < 4.78 is 24.9. The van der Waals surface area contributed by atoms with Gasteiger partial charge in [-0.05, 0) is 32.3 Å². The Morgan fingerprint density at radius 1 is 1.43 bits per heavy atom. The SMILES string of the molecule is COc1cc(/N=C2\OC(C)C3CCCCN23)c(F)cc1Cl. The Morgan fingerprint density at radius 2 is 2.24 bits per heavy atom. The van der Waals surface area contributed by atoms with E-state index in [-0.39, 0.29) is 16.8 Å². The van der Waals surface area contributed by atoms with Crippen molar-refractivity contribution in [3.8, 4) is 5.75 Å². The van der Waals surface area contributed by atoms with E-state index in [9.17, 15) is 4.39 Å². The van der Waals surface area contributed by atoms with Crippen LogP contribution in [0, 0.1) is 5.82 Å². The molecule has 21 heavy (non-hydrogen) atoms. The molecule has 2 fully saturated rings. The molecule has 2 aliphatic heterocycles. The molecule has 0 radical (unpaired) electrons. The van der Waals surface area contributed by atoms with E-state index in [4.69, 9.17) is 21.1 Å². The maximum absolute atomic E-state index is 14.0. The molecule has 2 unspecified atom stereocenters. The van der Waals surface area contributed by atoms with Crippen LogP contribution in [-0.2, 0) is 4.74 Å². The smallest absolute Gasteiger partial charge is 0.293 e. The van der Waals surface area contributed by atoms with Crippen LogP contribution in [0.3, 0.4) is 0 Å². The van der Waals surface area contributed by atoms with Gasteiger partial charge in [0.25, 0.3) is 6.02 Å². The molecule has 2 aliphatic rings. The number of halogens is 2. The van der Waals surface area contributed by atoms with Gasteiger partial charge in [0.15, 0.2) is 5.82 Å². The van der Waals surface area contributed by atoms with Crippen molar-refractivity contribution in [2.24, 2.45) is 4.99 Å². The summed E-state index contributed by atoms with van der Waals surface area (Å²) in [6.07, 6.45) is 3.48. The average Bonchev–Trinajstić information content (AvgIpc) is 2.79. The van der Waals surface area contributed by atoms with Crippen molar-refractivity contribution in [1.82, 2.24) is 4.90 Å². The molecule has 2 heterocycles. The van der Waals surface area contributed by atoms with E-state index in [1.54, 1.807) is 0 Å². The van der Waals surface area contributed by atoms with Gasteiger partial charge in [0, 0.05) is 12.6 Å². The molecule has 0 amide bonds. The summed E-state index contributed by atoms with van der Waals surface area (Å²) in [6, 6.07) is 3.55. The number of benzene rings is 1. The standard InChI is InChI=1S/C15H18ClFN2O2/c1-9-13-5-3-4-6-19(13)15(21-9)18-12-8-14(20-2)10(16)7-11(12)17/h7-9,13H,3-6H2,1-2H3/b18-15-. The summed E-state index contributed by atoms with van der Waals surface area (Å²) in [5.74, 6) is -0.0799. The Balaban J connectivity index is 1.94. The van der Waals surface area contributed by atoms with Gasteiger partial charge >= 0.3 is 0 Å². The number of ether oxygens (including phenoxy) is 2. The maximum Gasteiger partial charge on any atom is 0.293 e. The first-order chi connectivity index (χ1) is 10.1. The van der Waals surface area contributed by atoms with Crippen LogP contribution in [0.15, 0.2) is 17.1 Å². The minimum atomic E-state index is -0.481. The fraction of sp³-hybridized carbons (Fsp3) is 0.533. The largest absolute Gasteiger partial charge is 0.495 e. The predicted octanol–water partition coefficient (Wildman–Crippen LogP) is 3.75. The topological polar surface area (TPSA) is 34.1 Å². The number of nitrogens with zero attached hydrogens (tertiary/aromatic N) is 2. The molecule has 2 atom stereocenters. The number of hydrogen-bond donors (Lipinski definition) is 0. The molecule has 0 bridgehead atoms. The minimum Gasteiger partial charge on any atom is -0.495 e. The Morgan fingerprint density at radius 3 is 3.00 bits per heavy atom. The van der Waals surface area contributed by atoms with Crippen LogP contribution >= 0.6 is 11.6 Å². The van der Waals surface area contributed by atoms with E-state index < -0.39 is 5.82 Å². The van der Waals surface area contributed by atoms with E-state index >= 15 is 0 Å². The van der Waals surface area contributed by atoms with Crippen molar-refractivity contribution in [3.63, 3.8) is 0 Å². The van der Waals surface area contributed by atoms with Crippen LogP contribution in [0.1, 0.15) is 26.2 Å². The highest BCUT2D eigenvalue weighted by Gasteiger charge is 2.38. The summed E-state index contributed by atoms with van der Waals surface area (Å²) in [5.41, 5.74) is 0.185. The second kappa shape index (κ2) is 5.72. The predicted molar refractivity (Wildman–Crippen MR) is 79.9 cm³/mol. The molecule has 2 saturated heterocycles. The second-order valence-electron chi connectivity index (χ2n) is 5.41. The molecule has 1 aromatic carbocycles. The fourth-order valence-corrected chi connectivity index (χ4v) is 3.18. The van der Waals surface area contributed by atoms with Crippen LogP contribution < -0.4 is 4.74 Å². The zero-order valence-electron chi connectivity index (χ0n) is 12.1. The van der Waals surface area contributed by atoms with Gasteiger partial charge in [0.05, 0.1) is 18.2 Å². The van der Waals surface area contributed by atoms with Crippen LogP contribution in [0.25, 0.3) is 0 Å². The summed E-state index contributed by atoms with van der Waals surface area (Å²) in [5, 5.41) is 0.232. The third-order valence-corrected chi connectivity index (χ3v) is 4.36. The van der Waals surface area contributed by atoms with Crippen LogP contribution in [0.5, 0.6) is 5.75 Å². The first-order valence-corrected chi connectivity index (χ1v) is 7.53. The highest BCUT2D eigenvalue weighted by molar-refractivity contribution is 6.32. The average molecular weight is 313 g/mol. The minimum absolute atomic E-state index is 0.0845. The first-order valence-electron chi connectivity index (χ1n) is 7.15. The van der Waals surface area contributed by atoms with E-state index in [2.05, 4.69) is 9.89 Å². The van der Waals surface area contributed by atoms with E-state index in [0.29, 0.717) is 17.8 Å². The van der Waals surface area contributed by atoms with Crippen molar-refractivity contribution in [1.29, 1.82) is 0 Å². The fourth-order valence-electron chi connectivity index (χ4n) is 2.95. The lowest BCUT2D eigenvalue weighted by molar-refractivity contribution is 0.182. The molecule has 0 N–H and O–H groups in total. The summed E-state index contributed by atoms with van der Waals surface area (Å²) in [6.45, 7) is 2.94. The summed E-state index contributed by atoms with van der Waals surface area (Å²) >= 11 is 5.90. The molecule has 114 valence electrons. The molecule has 0 spiro atoms. The Kier molecular flexibility index (Phi) is 3.93. The molecular formula is C15H18ClFN2O2. The van der Waals surface area contributed by atoms with Gasteiger partial charge in [0.1, 0.15) is 17.5 Å². The normalized spacial score (nSPS) is 26.7. The van der Waals surface area contributed by atoms with Crippen molar-refractivity contribution in [2.75, 3.05) is 13.7 Å². The number of fused-ring (bicyclic) bond motifs is 1. The monoisotopic (exact) mass is 312 g/mol. The number of methoxy groups -OCH3 is 1. The van der Waals surface area contributed by atoms with Gasteiger partial charge in [-0.1, -0.05) is 11.6 Å². The lowest BCUT2D eigenvalue weighted by atomic mass is 10.0. The van der Waals surface area contributed by atoms with Gasteiger partial charge in [-0.2, -0.15) is 4.99 Å². The first kappa shape index (κ1) is 14.4. The Bertz CT molecular complexity index is 579. The highest BCUT2D eigenvalue weighted by atomic mass is 35.5. The Hall–Kier alpha value is -1.49. The Labute approximate surface area is 128 Å². The van der Waals surface area contributed by atoms with Gasteiger partial charge in [-0.3, -0.25) is 0 Å². The molecule has 1 aromatic rings. The van der Waals surface area contributed by atoms with Crippen molar-refractivity contribution < 1.29 is 13.9 Å². The summed E-state index contributed by atoms with van der Waals surface area (Å²) in [7, 11) is 1.49. The molecule has 0 saturated carbocycles. The van der Waals surface area contributed by atoms with E-state index in [1.807, 2.05) is 6.92 Å². The number of amidine groups is 1. The van der Waals surface area contributed by atoms with Crippen LogP contribution in [-0.4, -0.2) is 36.7 Å². The molecule has 4 nitrogen and oxygen atoms in total. The van der Waals surface area contributed by atoms with Gasteiger partial charge < -0.3 is 14.4 Å². The van der Waals surface area contributed by atoms with E-state index in [1.165, 1.54) is 25.7 Å². The highest BCUT2D eigenvalue weighted by Crippen LogP contribution is 2.34. The zero-order valence-corrected chi connectivity index (χ0v) is 12.9. The number of piperidine rings is 1. The number of aliphatic imine (C=N–C) groups is 1. The molecule has 0 aromatic heterocycles. The zero-order chi connectivity index (χ0) is 15.0. The second-order valence-corrected chi connectivity index (χ2v) is 5.82. The van der Waals surface area contributed by atoms with Crippen LogP contribution in [0.2, 0.25) is 5.02 Å². The quantitative estimate of drug-likeness (QED) is 0.834. The van der Waals surface area contributed by atoms with Crippen molar-refractivity contribution >= 4 is 23.3 Å². The molecule has 6 heteroatoms. The third-order valence-electron chi connectivity index (χ3n) is 4.07. The van der Waals surface area contributed by atoms with Crippen molar-refractivity contribution in [3.05, 3.63) is 23.0 Å². The molecular weight excluding hydrogens is 295 g/mol. The molecule has 3 rings (SSSR count). The summed E-state index contributed by atoms with van der Waals surface area (Å²) in [4.78, 5) is 6.48. The van der Waals surface area contributed by atoms with Crippen LogP contribution in [0.4, 0.5) is 10.1 Å². The lowest BCUT2D eigenvalue weighted by Gasteiger charge is -2.29. The number of hydrogen-bond acceptors (Lipinski definition) is 3. The van der Waals surface area contributed by atoms with Gasteiger partial charge in [-0.15, -0.1) is 0 Å². The number of rotatable bonds is 2. The molecule has 0 aliphatic carbocycles. The van der Waals surface area contributed by atoms with Crippen molar-refractivity contribution in [2.45, 2.75) is 38.3 Å². The van der Waals surface area contributed by atoms with Gasteiger partial charge in [-0.25, -0.2) is 4.39 Å². The third kappa shape index (κ3) is 2.67.